The van der Waals surface area contributed by atoms with Crippen LogP contribution < -0.4 is 0 Å². The highest BCUT2D eigenvalue weighted by molar-refractivity contribution is 6.32. The van der Waals surface area contributed by atoms with Crippen molar-refractivity contribution in [1.29, 1.82) is 0 Å². The van der Waals surface area contributed by atoms with Crippen molar-refractivity contribution in [2.24, 2.45) is 5.92 Å². The molecule has 1 aromatic heterocycles. The Morgan fingerprint density at radius 2 is 2.12 bits per heavy atom. The third kappa shape index (κ3) is 3.19. The number of carbonyl (C=O) groups is 1. The number of aromatic nitrogens is 2. The van der Waals surface area contributed by atoms with Crippen LogP contribution in [-0.2, 0) is 0 Å². The largest absolute Gasteiger partial charge is 0.396 e. The molecule has 128 valence electrons. The fourth-order valence-corrected chi connectivity index (χ4v) is 3.41. The van der Waals surface area contributed by atoms with Crippen molar-refractivity contribution in [2.45, 2.75) is 32.7 Å². The van der Waals surface area contributed by atoms with E-state index in [1.165, 1.54) is 0 Å². The van der Waals surface area contributed by atoms with E-state index >= 15 is 0 Å². The van der Waals surface area contributed by atoms with E-state index < -0.39 is 0 Å². The van der Waals surface area contributed by atoms with E-state index in [2.05, 4.69) is 5.10 Å². The summed E-state index contributed by atoms with van der Waals surface area (Å²) in [5.74, 6) is 0.0695. The van der Waals surface area contributed by atoms with Crippen molar-refractivity contribution in [2.75, 3.05) is 13.2 Å². The Morgan fingerprint density at radius 3 is 2.83 bits per heavy atom. The average Bonchev–Trinajstić information content (AvgIpc) is 2.96. The van der Waals surface area contributed by atoms with E-state index in [1.54, 1.807) is 10.7 Å². The summed E-state index contributed by atoms with van der Waals surface area (Å²) in [7, 11) is 0. The first-order chi connectivity index (χ1) is 11.5. The van der Waals surface area contributed by atoms with E-state index in [0.29, 0.717) is 17.3 Å². The van der Waals surface area contributed by atoms with Crippen LogP contribution in [0, 0.1) is 12.8 Å². The highest BCUT2D eigenvalue weighted by Gasteiger charge is 2.31. The van der Waals surface area contributed by atoms with E-state index in [1.807, 2.05) is 43.1 Å². The van der Waals surface area contributed by atoms with Crippen LogP contribution in [-0.4, -0.2) is 44.9 Å². The van der Waals surface area contributed by atoms with E-state index in [-0.39, 0.29) is 24.5 Å². The van der Waals surface area contributed by atoms with Crippen LogP contribution in [0.4, 0.5) is 0 Å². The highest BCUT2D eigenvalue weighted by atomic mass is 35.5. The lowest BCUT2D eigenvalue weighted by atomic mass is 9.93. The molecule has 0 aliphatic carbocycles. The van der Waals surface area contributed by atoms with E-state index in [4.69, 9.17) is 11.6 Å². The van der Waals surface area contributed by atoms with Crippen molar-refractivity contribution in [3.8, 4) is 5.69 Å². The molecular formula is C18H22ClN3O2. The Morgan fingerprint density at radius 1 is 1.38 bits per heavy atom. The van der Waals surface area contributed by atoms with Crippen LogP contribution in [0.1, 0.15) is 35.8 Å². The number of nitrogens with zero attached hydrogens (tertiary/aromatic N) is 3. The van der Waals surface area contributed by atoms with Gasteiger partial charge in [-0.3, -0.25) is 4.79 Å². The molecule has 2 atom stereocenters. The number of hydrogen-bond donors (Lipinski definition) is 1. The fraction of sp³-hybridized carbons (Fsp3) is 0.444. The highest BCUT2D eigenvalue weighted by Crippen LogP contribution is 2.25. The molecular weight excluding hydrogens is 326 g/mol. The summed E-state index contributed by atoms with van der Waals surface area (Å²) in [5.41, 5.74) is 2.01. The molecule has 1 aromatic carbocycles. The molecule has 2 unspecified atom stereocenters. The van der Waals surface area contributed by atoms with Gasteiger partial charge in [-0.15, -0.1) is 0 Å². The van der Waals surface area contributed by atoms with Gasteiger partial charge in [0, 0.05) is 31.0 Å². The summed E-state index contributed by atoms with van der Waals surface area (Å²) >= 11 is 6.23. The minimum Gasteiger partial charge on any atom is -0.396 e. The number of benzene rings is 1. The van der Waals surface area contributed by atoms with Gasteiger partial charge in [-0.1, -0.05) is 23.7 Å². The molecule has 0 radical (unpaired) electrons. The predicted molar refractivity (Wildman–Crippen MR) is 93.6 cm³/mol. The van der Waals surface area contributed by atoms with Crippen LogP contribution in [0.3, 0.4) is 0 Å². The van der Waals surface area contributed by atoms with Gasteiger partial charge in [-0.25, -0.2) is 4.68 Å². The Labute approximate surface area is 146 Å². The molecule has 2 aromatic rings. The predicted octanol–water partition coefficient (Wildman–Crippen LogP) is 3.07. The average molecular weight is 348 g/mol. The summed E-state index contributed by atoms with van der Waals surface area (Å²) in [6.45, 7) is 4.62. The fourth-order valence-electron chi connectivity index (χ4n) is 3.18. The summed E-state index contributed by atoms with van der Waals surface area (Å²) in [6.07, 6.45) is 3.68. The maximum atomic E-state index is 13.0. The number of aryl methyl sites for hydroxylation is 1. The second kappa shape index (κ2) is 6.95. The Bertz CT molecular complexity index is 744. The van der Waals surface area contributed by atoms with Crippen molar-refractivity contribution in [3.63, 3.8) is 0 Å². The van der Waals surface area contributed by atoms with Gasteiger partial charge in [0.2, 0.25) is 0 Å². The summed E-state index contributed by atoms with van der Waals surface area (Å²) in [4.78, 5) is 14.8. The topological polar surface area (TPSA) is 58.4 Å². The van der Waals surface area contributed by atoms with Crippen LogP contribution in [0.15, 0.2) is 30.5 Å². The number of rotatable bonds is 3. The number of halogens is 1. The number of likely N-dealkylation sites (tertiary alicyclic amines) is 1. The lowest BCUT2D eigenvalue weighted by Crippen LogP contribution is -2.46. The van der Waals surface area contributed by atoms with Crippen LogP contribution in [0.2, 0.25) is 5.02 Å². The monoisotopic (exact) mass is 347 g/mol. The zero-order valence-electron chi connectivity index (χ0n) is 13.9. The lowest BCUT2D eigenvalue weighted by Gasteiger charge is -2.37. The van der Waals surface area contributed by atoms with Gasteiger partial charge in [0.25, 0.3) is 5.91 Å². The van der Waals surface area contributed by atoms with Gasteiger partial charge < -0.3 is 10.0 Å². The van der Waals surface area contributed by atoms with Gasteiger partial charge in [0.05, 0.1) is 10.7 Å². The molecule has 1 fully saturated rings. The molecule has 3 rings (SSSR count). The van der Waals surface area contributed by atoms with Crippen LogP contribution in [0.25, 0.3) is 5.69 Å². The number of aliphatic hydroxyl groups is 1. The molecule has 1 saturated heterocycles. The Kier molecular flexibility index (Phi) is 4.92. The normalized spacial score (nSPS) is 21.1. The quantitative estimate of drug-likeness (QED) is 0.928. The molecule has 6 heteroatoms. The number of aliphatic hydroxyl groups excluding tert-OH is 1. The van der Waals surface area contributed by atoms with Crippen LogP contribution >= 0.6 is 11.6 Å². The second-order valence-electron chi connectivity index (χ2n) is 6.49. The van der Waals surface area contributed by atoms with Gasteiger partial charge in [0.1, 0.15) is 0 Å². The Balaban J connectivity index is 1.89. The zero-order valence-corrected chi connectivity index (χ0v) is 14.7. The number of piperidine rings is 1. The standard InChI is InChI=1S/C18H22ClN3O2/c1-12-9-22(16-6-4-3-5-15(16)19)20-17(12)18(24)21-10-14(11-23)8-7-13(21)2/h3-6,9,13-14,23H,7-8,10-11H2,1-2H3. The smallest absolute Gasteiger partial charge is 0.274 e. The second-order valence-corrected chi connectivity index (χ2v) is 6.90. The number of hydrogen-bond acceptors (Lipinski definition) is 3. The summed E-state index contributed by atoms with van der Waals surface area (Å²) < 4.78 is 1.66. The minimum absolute atomic E-state index is 0.0797. The first-order valence-corrected chi connectivity index (χ1v) is 8.62. The van der Waals surface area contributed by atoms with Crippen LogP contribution in [0.5, 0.6) is 0 Å². The van der Waals surface area contributed by atoms with E-state index in [0.717, 1.165) is 24.1 Å². The first-order valence-electron chi connectivity index (χ1n) is 8.24. The SMILES string of the molecule is Cc1cn(-c2ccccc2Cl)nc1C(=O)N1CC(CO)CCC1C. The molecule has 0 bridgehead atoms. The molecule has 1 amide bonds. The molecule has 1 aliphatic rings. The lowest BCUT2D eigenvalue weighted by molar-refractivity contribution is 0.0482. The van der Waals surface area contributed by atoms with Crippen molar-refractivity contribution >= 4 is 17.5 Å². The molecule has 1 N–H and O–H groups in total. The van der Waals surface area contributed by atoms with Gasteiger partial charge in [0.15, 0.2) is 5.69 Å². The molecule has 1 aliphatic heterocycles. The Hall–Kier alpha value is -1.85. The van der Waals surface area contributed by atoms with Crippen molar-refractivity contribution in [3.05, 3.63) is 46.7 Å². The molecule has 24 heavy (non-hydrogen) atoms. The van der Waals surface area contributed by atoms with E-state index in [9.17, 15) is 9.90 Å². The summed E-state index contributed by atoms with van der Waals surface area (Å²) in [6, 6.07) is 7.57. The third-order valence-electron chi connectivity index (χ3n) is 4.70. The number of carbonyl (C=O) groups excluding carboxylic acids is 1. The van der Waals surface area contributed by atoms with Crippen molar-refractivity contribution < 1.29 is 9.90 Å². The zero-order chi connectivity index (χ0) is 17.3. The third-order valence-corrected chi connectivity index (χ3v) is 5.02. The first kappa shape index (κ1) is 17.0. The van der Waals surface area contributed by atoms with Gasteiger partial charge in [-0.2, -0.15) is 5.10 Å². The summed E-state index contributed by atoms with van der Waals surface area (Å²) in [5, 5.41) is 14.5. The maximum absolute atomic E-state index is 13.0. The number of amides is 1. The number of para-hydroxylation sites is 1. The van der Waals surface area contributed by atoms with Crippen molar-refractivity contribution in [1.82, 2.24) is 14.7 Å². The van der Waals surface area contributed by atoms with Gasteiger partial charge >= 0.3 is 0 Å². The molecule has 2 heterocycles. The molecule has 0 spiro atoms. The molecule has 5 nitrogen and oxygen atoms in total. The minimum atomic E-state index is -0.0797. The van der Waals surface area contributed by atoms with Gasteiger partial charge in [-0.05, 0) is 44.7 Å². The molecule has 0 saturated carbocycles. The maximum Gasteiger partial charge on any atom is 0.274 e.